The Morgan fingerprint density at radius 1 is 1.67 bits per heavy atom. The van der Waals surface area contributed by atoms with E-state index in [0.717, 1.165) is 9.35 Å². The number of aryl methyl sites for hydroxylation is 1. The third-order valence-corrected chi connectivity index (χ3v) is 3.40. The standard InChI is InChI=1S/C8H13N3O2S2/c1-5(12)3-9-7(13)4-14-8-11-10-6(2)15-8/h5,12H,3-4H2,1-2H3,(H,9,13). The lowest BCUT2D eigenvalue weighted by Crippen LogP contribution is -2.31. The number of aromatic nitrogens is 2. The fourth-order valence-electron chi connectivity index (χ4n) is 0.777. The maximum absolute atomic E-state index is 11.2. The number of aliphatic hydroxyl groups is 1. The predicted molar refractivity (Wildman–Crippen MR) is 60.1 cm³/mol. The first-order chi connectivity index (χ1) is 7.08. The summed E-state index contributed by atoms with van der Waals surface area (Å²) >= 11 is 2.82. The van der Waals surface area contributed by atoms with Crippen LogP contribution >= 0.6 is 23.1 Å². The van der Waals surface area contributed by atoms with Crippen LogP contribution in [0.15, 0.2) is 4.34 Å². The summed E-state index contributed by atoms with van der Waals surface area (Å²) in [5.74, 6) is 0.204. The van der Waals surface area contributed by atoms with Crippen molar-refractivity contribution in [3.63, 3.8) is 0 Å². The normalized spacial score (nSPS) is 12.5. The molecule has 0 aromatic carbocycles. The van der Waals surface area contributed by atoms with Crippen LogP contribution in [0.1, 0.15) is 11.9 Å². The van der Waals surface area contributed by atoms with Crippen molar-refractivity contribution in [2.24, 2.45) is 0 Å². The number of thioether (sulfide) groups is 1. The topological polar surface area (TPSA) is 75.1 Å². The van der Waals surface area contributed by atoms with Gasteiger partial charge in [-0.05, 0) is 13.8 Å². The lowest BCUT2D eigenvalue weighted by Gasteiger charge is -2.05. The van der Waals surface area contributed by atoms with Crippen molar-refractivity contribution in [3.05, 3.63) is 5.01 Å². The summed E-state index contributed by atoms with van der Waals surface area (Å²) in [6.45, 7) is 3.78. The number of rotatable bonds is 5. The Bertz CT molecular complexity index is 327. The van der Waals surface area contributed by atoms with E-state index in [4.69, 9.17) is 5.11 Å². The third kappa shape index (κ3) is 5.10. The molecule has 1 aromatic rings. The number of hydrogen-bond acceptors (Lipinski definition) is 6. The maximum Gasteiger partial charge on any atom is 0.230 e. The van der Waals surface area contributed by atoms with E-state index in [2.05, 4.69) is 15.5 Å². The van der Waals surface area contributed by atoms with E-state index < -0.39 is 6.10 Å². The monoisotopic (exact) mass is 247 g/mol. The van der Waals surface area contributed by atoms with Crippen LogP contribution in [0.25, 0.3) is 0 Å². The Morgan fingerprint density at radius 2 is 2.40 bits per heavy atom. The molecule has 1 aromatic heterocycles. The van der Waals surface area contributed by atoms with Crippen molar-refractivity contribution < 1.29 is 9.90 Å². The van der Waals surface area contributed by atoms with E-state index >= 15 is 0 Å². The Hall–Kier alpha value is -0.660. The first-order valence-electron chi connectivity index (χ1n) is 4.45. The van der Waals surface area contributed by atoms with Gasteiger partial charge in [0.1, 0.15) is 5.01 Å². The number of nitrogens with zero attached hydrogens (tertiary/aromatic N) is 2. The van der Waals surface area contributed by atoms with E-state index in [-0.39, 0.29) is 12.5 Å². The van der Waals surface area contributed by atoms with Crippen LogP contribution in [-0.2, 0) is 4.79 Å². The van der Waals surface area contributed by atoms with Gasteiger partial charge in [0.15, 0.2) is 4.34 Å². The molecule has 0 saturated heterocycles. The summed E-state index contributed by atoms with van der Waals surface area (Å²) in [7, 11) is 0. The Kier molecular flexibility index (Phi) is 5.00. The van der Waals surface area contributed by atoms with Gasteiger partial charge in [-0.1, -0.05) is 23.1 Å². The molecule has 7 heteroatoms. The average Bonchev–Trinajstić information content (AvgIpc) is 2.58. The highest BCUT2D eigenvalue weighted by molar-refractivity contribution is 8.01. The van der Waals surface area contributed by atoms with Gasteiger partial charge < -0.3 is 10.4 Å². The van der Waals surface area contributed by atoms with Crippen LogP contribution in [0.5, 0.6) is 0 Å². The fourth-order valence-corrected chi connectivity index (χ4v) is 2.42. The molecule has 0 aliphatic heterocycles. The van der Waals surface area contributed by atoms with Crippen molar-refractivity contribution in [2.75, 3.05) is 12.3 Å². The summed E-state index contributed by atoms with van der Waals surface area (Å²) in [6.07, 6.45) is -0.511. The second-order valence-electron chi connectivity index (χ2n) is 3.03. The van der Waals surface area contributed by atoms with Gasteiger partial charge in [-0.15, -0.1) is 10.2 Å². The number of carbonyl (C=O) groups excluding carboxylic acids is 1. The van der Waals surface area contributed by atoms with Crippen molar-refractivity contribution in [2.45, 2.75) is 24.3 Å². The molecule has 1 unspecified atom stereocenters. The van der Waals surface area contributed by atoms with Crippen LogP contribution in [0.2, 0.25) is 0 Å². The zero-order chi connectivity index (χ0) is 11.3. The highest BCUT2D eigenvalue weighted by Crippen LogP contribution is 2.21. The highest BCUT2D eigenvalue weighted by Gasteiger charge is 2.06. The van der Waals surface area contributed by atoms with Crippen LogP contribution in [0.4, 0.5) is 0 Å². The van der Waals surface area contributed by atoms with E-state index in [0.29, 0.717) is 5.75 Å². The smallest absolute Gasteiger partial charge is 0.230 e. The molecule has 5 nitrogen and oxygen atoms in total. The van der Waals surface area contributed by atoms with Crippen molar-refractivity contribution in [1.29, 1.82) is 0 Å². The molecule has 0 fully saturated rings. The largest absolute Gasteiger partial charge is 0.392 e. The van der Waals surface area contributed by atoms with Crippen LogP contribution in [0, 0.1) is 6.92 Å². The Morgan fingerprint density at radius 3 is 2.93 bits per heavy atom. The van der Waals surface area contributed by atoms with Gasteiger partial charge >= 0.3 is 0 Å². The van der Waals surface area contributed by atoms with Crippen LogP contribution in [0.3, 0.4) is 0 Å². The summed E-state index contributed by atoms with van der Waals surface area (Å²) in [4.78, 5) is 11.2. The van der Waals surface area contributed by atoms with Gasteiger partial charge in [0.2, 0.25) is 5.91 Å². The molecule has 15 heavy (non-hydrogen) atoms. The lowest BCUT2D eigenvalue weighted by molar-refractivity contribution is -0.118. The fraction of sp³-hybridized carbons (Fsp3) is 0.625. The molecule has 0 aliphatic carbocycles. The van der Waals surface area contributed by atoms with Gasteiger partial charge in [0.25, 0.3) is 0 Å². The van der Waals surface area contributed by atoms with E-state index in [1.165, 1.54) is 23.1 Å². The van der Waals surface area contributed by atoms with Crippen LogP contribution in [-0.4, -0.2) is 39.6 Å². The minimum absolute atomic E-state index is 0.103. The SMILES string of the molecule is Cc1nnc(SCC(=O)NCC(C)O)s1. The molecule has 0 saturated carbocycles. The number of amides is 1. The van der Waals surface area contributed by atoms with Crippen LogP contribution < -0.4 is 5.32 Å². The molecule has 0 radical (unpaired) electrons. The van der Waals surface area contributed by atoms with Gasteiger partial charge in [0, 0.05) is 6.54 Å². The number of nitrogens with one attached hydrogen (secondary N) is 1. The van der Waals surface area contributed by atoms with Gasteiger partial charge in [-0.2, -0.15) is 0 Å². The summed E-state index contributed by atoms with van der Waals surface area (Å²) in [5.41, 5.74) is 0. The second-order valence-corrected chi connectivity index (χ2v) is 5.43. The van der Waals surface area contributed by atoms with E-state index in [9.17, 15) is 4.79 Å². The Labute approximate surface area is 96.3 Å². The molecule has 2 N–H and O–H groups in total. The minimum Gasteiger partial charge on any atom is -0.392 e. The van der Waals surface area contributed by atoms with E-state index in [1.807, 2.05) is 6.92 Å². The van der Waals surface area contributed by atoms with E-state index in [1.54, 1.807) is 6.92 Å². The second kappa shape index (κ2) is 6.04. The third-order valence-electron chi connectivity index (χ3n) is 1.43. The zero-order valence-electron chi connectivity index (χ0n) is 8.56. The Balaban J connectivity index is 2.22. The molecule has 84 valence electrons. The average molecular weight is 247 g/mol. The molecule has 0 aliphatic rings. The molecule has 0 spiro atoms. The minimum atomic E-state index is -0.511. The summed E-state index contributed by atoms with van der Waals surface area (Å²) in [6, 6.07) is 0. The quantitative estimate of drug-likeness (QED) is 0.738. The van der Waals surface area contributed by atoms with Crippen molar-refractivity contribution in [1.82, 2.24) is 15.5 Å². The molecular weight excluding hydrogens is 234 g/mol. The van der Waals surface area contributed by atoms with Crippen molar-refractivity contribution >= 4 is 29.0 Å². The molecule has 1 heterocycles. The first-order valence-corrected chi connectivity index (χ1v) is 6.26. The highest BCUT2D eigenvalue weighted by atomic mass is 32.2. The number of carbonyl (C=O) groups is 1. The summed E-state index contributed by atoms with van der Waals surface area (Å²) in [5, 5.41) is 20.2. The summed E-state index contributed by atoms with van der Waals surface area (Å²) < 4.78 is 0.791. The van der Waals surface area contributed by atoms with Gasteiger partial charge in [-0.25, -0.2) is 0 Å². The number of hydrogen-bond donors (Lipinski definition) is 2. The maximum atomic E-state index is 11.2. The first kappa shape index (κ1) is 12.4. The molecule has 1 rings (SSSR count). The number of aliphatic hydroxyl groups excluding tert-OH is 1. The molecule has 1 atom stereocenters. The molecule has 1 amide bonds. The lowest BCUT2D eigenvalue weighted by atomic mass is 10.4. The van der Waals surface area contributed by atoms with Crippen molar-refractivity contribution in [3.8, 4) is 0 Å². The molecular formula is C8H13N3O2S2. The zero-order valence-corrected chi connectivity index (χ0v) is 10.2. The van der Waals surface area contributed by atoms with Gasteiger partial charge in [0.05, 0.1) is 11.9 Å². The molecule has 0 bridgehead atoms. The van der Waals surface area contributed by atoms with Gasteiger partial charge in [-0.3, -0.25) is 4.79 Å². The predicted octanol–water partition coefficient (Wildman–Crippen LogP) is 0.436.